The maximum absolute atomic E-state index is 8.17. The Morgan fingerprint density at radius 1 is 0.625 bits per heavy atom. The van der Waals surface area contributed by atoms with E-state index in [9.17, 15) is 0 Å². The molecule has 8 heavy (non-hydrogen) atoms. The smallest absolute Gasteiger partial charge is 1.00 e. The van der Waals surface area contributed by atoms with Crippen molar-refractivity contribution in [1.82, 2.24) is 0 Å². The van der Waals surface area contributed by atoms with Gasteiger partial charge in [0.15, 0.2) is 0 Å². The van der Waals surface area contributed by atoms with E-state index in [1.54, 1.807) is 0 Å². The fourth-order valence-corrected chi connectivity index (χ4v) is 0. The van der Waals surface area contributed by atoms with Gasteiger partial charge in [-0.05, 0) is 0 Å². The zero-order chi connectivity index (χ0) is 2.00. The van der Waals surface area contributed by atoms with E-state index in [0.29, 0.717) is 0 Å². The Bertz CT molecular complexity index is 12.4. The molecular weight excluding hydrogens is 261 g/mol. The van der Waals surface area contributed by atoms with Crippen LogP contribution in [-0.2, 0) is 4.57 Å². The van der Waals surface area contributed by atoms with Gasteiger partial charge in [0.2, 0.25) is 0 Å². The third kappa shape index (κ3) is 670. The molecule has 0 N–H and O–H groups in total. The molecule has 0 aromatic heterocycles. The molecule has 0 fully saturated rings. The van der Waals surface area contributed by atoms with E-state index in [2.05, 4.69) is 0 Å². The van der Waals surface area contributed by atoms with E-state index in [0.717, 1.165) is 0 Å². The van der Waals surface area contributed by atoms with Crippen LogP contribution >= 0.6 is 9.12 Å². The van der Waals surface area contributed by atoms with Gasteiger partial charge in [-0.1, -0.05) is 4.57 Å². The first-order valence-corrected chi connectivity index (χ1v) is 0.707. The van der Waals surface area contributed by atoms with Crippen LogP contribution in [0.4, 0.5) is 0 Å². The van der Waals surface area contributed by atoms with Gasteiger partial charge in [0.25, 0.3) is 0 Å². The third-order valence-corrected chi connectivity index (χ3v) is 0. The first kappa shape index (κ1) is 203. The van der Waals surface area contributed by atoms with Crippen LogP contribution in [0.5, 0.6) is 0 Å². The Morgan fingerprint density at radius 3 is 0.625 bits per heavy atom. The quantitative estimate of drug-likeness (QED) is 0.241. The number of halogens is 5. The summed E-state index contributed by atoms with van der Waals surface area (Å²) in [5.41, 5.74) is 0. The molecule has 1 unspecified atom stereocenters. The average Bonchev–Trinajstić information content (AvgIpc) is 1.00. The summed E-state index contributed by atoms with van der Waals surface area (Å²) in [5, 5.41) is 0. The second kappa shape index (κ2) is 1080. The molecule has 0 saturated carbocycles. The van der Waals surface area contributed by atoms with Crippen LogP contribution < -0.4 is 23.5 Å². The Labute approximate surface area is 61.6 Å². The summed E-state index contributed by atoms with van der Waals surface area (Å²) < 4.78 is 8.17. The molecule has 0 aliphatic carbocycles. The van der Waals surface area contributed by atoms with Crippen LogP contribution in [0.3, 0.4) is 0 Å². The maximum atomic E-state index is 8.17. The van der Waals surface area contributed by atoms with Gasteiger partial charge in [-0.3, -0.25) is 0 Å². The summed E-state index contributed by atoms with van der Waals surface area (Å²) in [6.07, 6.45) is 0. The van der Waals surface area contributed by atoms with Crippen molar-refractivity contribution in [2.45, 2.75) is 0 Å². The average molecular weight is 263 g/mol. The van der Waals surface area contributed by atoms with E-state index in [4.69, 9.17) is 4.57 Å². The molecule has 0 aromatic carbocycles. The minimum absolute atomic E-state index is 0. The molecule has 0 spiro atoms. The zero-order valence-corrected chi connectivity index (χ0v) is 7.38. The number of rotatable bonds is 0. The van der Waals surface area contributed by atoms with Crippen molar-refractivity contribution in [3.8, 4) is 0 Å². The van der Waals surface area contributed by atoms with Gasteiger partial charge in [0.05, 0.1) is 0 Å². The van der Waals surface area contributed by atoms with E-state index in [1.165, 1.54) is 9.12 Å². The minimum Gasteiger partial charge on any atom is -1.00 e. The second-order valence-electron chi connectivity index (χ2n) is 0. The molecular formula is H2F5OPSn. The molecule has 0 heterocycles. The monoisotopic (exact) mass is 264 g/mol. The summed E-state index contributed by atoms with van der Waals surface area (Å²) in [4.78, 5) is 0. The molecule has 0 aliphatic heterocycles. The summed E-state index contributed by atoms with van der Waals surface area (Å²) in [6, 6.07) is 0. The van der Waals surface area contributed by atoms with Gasteiger partial charge >= 0.3 is 33.0 Å². The van der Waals surface area contributed by atoms with Gasteiger partial charge < -0.3 is 23.5 Å². The molecule has 0 aromatic rings. The number of hydrogen-bond acceptors (Lipinski definition) is 1. The molecule has 0 saturated heterocycles. The first-order chi connectivity index (χ1) is 1.00. The summed E-state index contributed by atoms with van der Waals surface area (Å²) >= 11 is 0. The SMILES string of the molecule is O=[PH2+].[F-].[F-].[F-].[F-].[F-].[Sn+4]. The van der Waals surface area contributed by atoms with Crippen LogP contribution in [-0.4, -0.2) is 23.9 Å². The van der Waals surface area contributed by atoms with Crippen molar-refractivity contribution in [1.29, 1.82) is 0 Å². The molecule has 0 aliphatic rings. The third-order valence-electron chi connectivity index (χ3n) is 0. The zero-order valence-electron chi connectivity index (χ0n) is 3.38. The molecule has 0 radical (unpaired) electrons. The van der Waals surface area contributed by atoms with Gasteiger partial charge in [0.1, 0.15) is 0 Å². The maximum Gasteiger partial charge on any atom is 4.00 e. The van der Waals surface area contributed by atoms with Gasteiger partial charge in [0, 0.05) is 0 Å². The van der Waals surface area contributed by atoms with Gasteiger partial charge in [-0.15, -0.1) is 0 Å². The van der Waals surface area contributed by atoms with Crippen LogP contribution in [0.2, 0.25) is 0 Å². The van der Waals surface area contributed by atoms with Crippen molar-refractivity contribution in [3.05, 3.63) is 0 Å². The van der Waals surface area contributed by atoms with Crippen LogP contribution in [0.25, 0.3) is 0 Å². The van der Waals surface area contributed by atoms with E-state index >= 15 is 0 Å². The molecule has 0 rings (SSSR count). The molecule has 1 atom stereocenters. The van der Waals surface area contributed by atoms with Crippen molar-refractivity contribution in [3.63, 3.8) is 0 Å². The molecule has 52 valence electrons. The standard InChI is InChI=1S/5FH.H2OP.Sn/c;;;;;1-2;/h5*1H;2H2;/q;;;;;+1;+4/p-5. The summed E-state index contributed by atoms with van der Waals surface area (Å²) in [5.74, 6) is 0. The van der Waals surface area contributed by atoms with Crippen molar-refractivity contribution >= 4 is 33.0 Å². The molecule has 8 heteroatoms. The predicted molar refractivity (Wildman–Crippen MR) is 16.2 cm³/mol. The Morgan fingerprint density at radius 2 is 0.625 bits per heavy atom. The van der Waals surface area contributed by atoms with Gasteiger partial charge in [-0.25, -0.2) is 0 Å². The second-order valence-corrected chi connectivity index (χ2v) is 0. The molecule has 0 amide bonds. The largest absolute Gasteiger partial charge is 4.00 e. The first-order valence-electron chi connectivity index (χ1n) is 0.236. The van der Waals surface area contributed by atoms with Crippen molar-refractivity contribution in [2.75, 3.05) is 0 Å². The van der Waals surface area contributed by atoms with Crippen LogP contribution in [0.15, 0.2) is 0 Å². The van der Waals surface area contributed by atoms with E-state index in [-0.39, 0.29) is 47.4 Å². The molecule has 0 bridgehead atoms. The minimum atomic E-state index is 0. The van der Waals surface area contributed by atoms with E-state index in [1.807, 2.05) is 0 Å². The normalized spacial score (nSPS) is 0.500. The fourth-order valence-electron chi connectivity index (χ4n) is 0. The summed E-state index contributed by atoms with van der Waals surface area (Å²) in [6.45, 7) is 0. The fraction of sp³-hybridized carbons (Fsp3) is 0. The molecule has 1 nitrogen and oxygen atoms in total. The summed E-state index contributed by atoms with van der Waals surface area (Å²) in [7, 11) is 1.17. The van der Waals surface area contributed by atoms with Crippen LogP contribution in [0.1, 0.15) is 0 Å². The Kier molecular flexibility index (Phi) is 27300. The Balaban J connectivity index is -0.000000000333. The van der Waals surface area contributed by atoms with Gasteiger partial charge in [-0.2, -0.15) is 0 Å². The Hall–Kier alpha value is 0.549. The van der Waals surface area contributed by atoms with Crippen LogP contribution in [0, 0.1) is 0 Å². The predicted octanol–water partition coefficient (Wildman–Crippen LogP) is -15.2. The topological polar surface area (TPSA) is 17.1 Å². The van der Waals surface area contributed by atoms with Crippen molar-refractivity contribution in [2.24, 2.45) is 0 Å². The van der Waals surface area contributed by atoms with Crippen molar-refractivity contribution < 1.29 is 28.1 Å². The number of hydrogen-bond donors (Lipinski definition) is 0. The van der Waals surface area contributed by atoms with E-state index < -0.39 is 0 Å².